The molecule has 1 amide bonds. The summed E-state index contributed by atoms with van der Waals surface area (Å²) in [6.45, 7) is 8.55. The predicted octanol–water partition coefficient (Wildman–Crippen LogP) is 3.76. The summed E-state index contributed by atoms with van der Waals surface area (Å²) >= 11 is 0. The molecule has 1 fully saturated rings. The molecule has 0 atom stereocenters. The summed E-state index contributed by atoms with van der Waals surface area (Å²) in [5.41, 5.74) is 3.81. The van der Waals surface area contributed by atoms with Crippen molar-refractivity contribution in [3.8, 4) is 17.3 Å². The van der Waals surface area contributed by atoms with Crippen LogP contribution in [0.5, 0.6) is 0 Å². The van der Waals surface area contributed by atoms with Gasteiger partial charge in [-0.15, -0.1) is 0 Å². The maximum atomic E-state index is 13.3. The largest absolute Gasteiger partial charge is 0.378 e. The van der Waals surface area contributed by atoms with Crippen LogP contribution in [0.25, 0.3) is 11.3 Å². The van der Waals surface area contributed by atoms with Crippen molar-refractivity contribution in [2.45, 2.75) is 26.2 Å². The highest BCUT2D eigenvalue weighted by atomic mass is 16.5. The number of rotatable bonds is 5. The maximum absolute atomic E-state index is 13.3. The van der Waals surface area contributed by atoms with Crippen LogP contribution in [0.4, 0.5) is 11.5 Å². The van der Waals surface area contributed by atoms with Gasteiger partial charge in [-0.05, 0) is 50.6 Å². The standard InChI is InChI=1S/C26H28N6O2/c1-18-5-6-20(31(4)25(33)19-7-8-28-23(13-19)26(2,3)16-27)14-21(18)22-15-24(30-17-29-22)32-9-11-34-12-10-32/h5-8,13-15,17H,9-12H2,1-4H3. The van der Waals surface area contributed by atoms with E-state index in [1.807, 2.05) is 31.2 Å². The van der Waals surface area contributed by atoms with Gasteiger partial charge in [0.2, 0.25) is 0 Å². The van der Waals surface area contributed by atoms with E-state index < -0.39 is 5.41 Å². The van der Waals surface area contributed by atoms with Crippen LogP contribution in [-0.4, -0.2) is 54.2 Å². The van der Waals surface area contributed by atoms with E-state index in [0.717, 1.165) is 41.4 Å². The lowest BCUT2D eigenvalue weighted by molar-refractivity contribution is 0.0992. The van der Waals surface area contributed by atoms with Gasteiger partial charge in [0.05, 0.1) is 36.1 Å². The number of nitriles is 1. The Labute approximate surface area is 199 Å². The molecule has 8 heteroatoms. The highest BCUT2D eigenvalue weighted by Crippen LogP contribution is 2.29. The van der Waals surface area contributed by atoms with Crippen molar-refractivity contribution in [1.29, 1.82) is 5.26 Å². The fraction of sp³-hybridized carbons (Fsp3) is 0.346. The zero-order valence-electron chi connectivity index (χ0n) is 19.9. The number of pyridine rings is 1. The number of carbonyl (C=O) groups is 1. The van der Waals surface area contributed by atoms with Crippen LogP contribution >= 0.6 is 0 Å². The van der Waals surface area contributed by atoms with Crippen LogP contribution in [0.1, 0.15) is 35.5 Å². The summed E-state index contributed by atoms with van der Waals surface area (Å²) in [5, 5.41) is 9.43. The third-order valence-electron chi connectivity index (χ3n) is 6.10. The average molecular weight is 457 g/mol. The van der Waals surface area contributed by atoms with Crippen molar-refractivity contribution in [3.05, 3.63) is 65.7 Å². The first-order valence-corrected chi connectivity index (χ1v) is 11.2. The summed E-state index contributed by atoms with van der Waals surface area (Å²) < 4.78 is 5.45. The van der Waals surface area contributed by atoms with E-state index in [9.17, 15) is 10.1 Å². The van der Waals surface area contributed by atoms with Gasteiger partial charge in [-0.2, -0.15) is 5.26 Å². The number of hydrogen-bond donors (Lipinski definition) is 0. The molecule has 0 N–H and O–H groups in total. The second kappa shape index (κ2) is 9.57. The molecule has 0 unspecified atom stereocenters. The van der Waals surface area contributed by atoms with Crippen LogP contribution in [0, 0.1) is 18.3 Å². The Bertz CT molecular complexity index is 1240. The van der Waals surface area contributed by atoms with Crippen LogP contribution in [0.15, 0.2) is 48.9 Å². The van der Waals surface area contributed by atoms with Gasteiger partial charge in [-0.3, -0.25) is 9.78 Å². The lowest BCUT2D eigenvalue weighted by Gasteiger charge is -2.28. The summed E-state index contributed by atoms with van der Waals surface area (Å²) in [5.74, 6) is 0.691. The third kappa shape index (κ3) is 4.75. The van der Waals surface area contributed by atoms with E-state index in [1.54, 1.807) is 50.5 Å². The molecule has 4 rings (SSSR count). The first-order chi connectivity index (χ1) is 16.3. The molecule has 3 aromatic rings. The molecule has 2 aromatic heterocycles. The number of benzene rings is 1. The molecular formula is C26H28N6O2. The summed E-state index contributed by atoms with van der Waals surface area (Å²) in [4.78, 5) is 30.3. The normalized spacial score (nSPS) is 13.9. The SMILES string of the molecule is Cc1ccc(N(C)C(=O)c2ccnc(C(C)(C)C#N)c2)cc1-c1cc(N2CCOCC2)ncn1. The molecule has 1 saturated heterocycles. The van der Waals surface area contributed by atoms with E-state index in [1.165, 1.54) is 0 Å². The number of aromatic nitrogens is 3. The van der Waals surface area contributed by atoms with Gasteiger partial charge in [-0.25, -0.2) is 9.97 Å². The van der Waals surface area contributed by atoms with Crippen LogP contribution < -0.4 is 9.80 Å². The Hall–Kier alpha value is -3.83. The maximum Gasteiger partial charge on any atom is 0.258 e. The van der Waals surface area contributed by atoms with Gasteiger partial charge < -0.3 is 14.5 Å². The fourth-order valence-electron chi connectivity index (χ4n) is 3.83. The lowest BCUT2D eigenvalue weighted by Crippen LogP contribution is -2.36. The zero-order chi connectivity index (χ0) is 24.3. The second-order valence-corrected chi connectivity index (χ2v) is 8.89. The van der Waals surface area contributed by atoms with Crippen LogP contribution in [0.3, 0.4) is 0 Å². The molecule has 1 aromatic carbocycles. The molecule has 0 spiro atoms. The first-order valence-electron chi connectivity index (χ1n) is 11.2. The van der Waals surface area contributed by atoms with Crippen molar-refractivity contribution in [1.82, 2.24) is 15.0 Å². The number of hydrogen-bond acceptors (Lipinski definition) is 7. The molecule has 0 aliphatic carbocycles. The Morgan fingerprint density at radius 3 is 2.62 bits per heavy atom. The smallest absolute Gasteiger partial charge is 0.258 e. The van der Waals surface area contributed by atoms with Crippen LogP contribution in [-0.2, 0) is 10.2 Å². The minimum absolute atomic E-state index is 0.177. The number of anilines is 2. The number of carbonyl (C=O) groups excluding carboxylic acids is 1. The topological polar surface area (TPSA) is 95.2 Å². The zero-order valence-corrected chi connectivity index (χ0v) is 19.9. The Kier molecular flexibility index (Phi) is 6.57. The van der Waals surface area contributed by atoms with Crippen molar-refractivity contribution in [2.24, 2.45) is 0 Å². The molecule has 8 nitrogen and oxygen atoms in total. The summed E-state index contributed by atoms with van der Waals surface area (Å²) in [7, 11) is 1.74. The molecule has 3 heterocycles. The minimum Gasteiger partial charge on any atom is -0.378 e. The van der Waals surface area contributed by atoms with Crippen molar-refractivity contribution < 1.29 is 9.53 Å². The van der Waals surface area contributed by atoms with Gasteiger partial charge in [0.25, 0.3) is 5.91 Å². The molecule has 0 saturated carbocycles. The van der Waals surface area contributed by atoms with Crippen LogP contribution in [0.2, 0.25) is 0 Å². The Balaban J connectivity index is 1.63. The third-order valence-corrected chi connectivity index (χ3v) is 6.10. The fourth-order valence-corrected chi connectivity index (χ4v) is 3.83. The molecule has 1 aliphatic rings. The number of morpholine rings is 1. The summed E-state index contributed by atoms with van der Waals surface area (Å²) in [6, 6.07) is 13.5. The van der Waals surface area contributed by atoms with E-state index >= 15 is 0 Å². The van der Waals surface area contributed by atoms with E-state index in [-0.39, 0.29) is 5.91 Å². The number of nitrogens with zero attached hydrogens (tertiary/aromatic N) is 6. The minimum atomic E-state index is -0.781. The molecule has 0 bridgehead atoms. The van der Waals surface area contributed by atoms with E-state index in [4.69, 9.17) is 4.74 Å². The molecule has 1 aliphatic heterocycles. The number of ether oxygens (including phenoxy) is 1. The second-order valence-electron chi connectivity index (χ2n) is 8.89. The molecular weight excluding hydrogens is 428 g/mol. The van der Waals surface area contributed by atoms with Gasteiger partial charge in [0.15, 0.2) is 0 Å². The Morgan fingerprint density at radius 2 is 1.88 bits per heavy atom. The number of amides is 1. The lowest BCUT2D eigenvalue weighted by atomic mass is 9.90. The first kappa shape index (κ1) is 23.3. The highest BCUT2D eigenvalue weighted by molar-refractivity contribution is 6.06. The molecule has 0 radical (unpaired) electrons. The quantitative estimate of drug-likeness (QED) is 0.577. The number of aryl methyl sites for hydroxylation is 1. The summed E-state index contributed by atoms with van der Waals surface area (Å²) in [6.07, 6.45) is 3.15. The average Bonchev–Trinajstić information content (AvgIpc) is 2.88. The van der Waals surface area contributed by atoms with E-state index in [0.29, 0.717) is 24.5 Å². The van der Waals surface area contributed by atoms with Gasteiger partial charge in [0.1, 0.15) is 12.1 Å². The highest BCUT2D eigenvalue weighted by Gasteiger charge is 2.24. The van der Waals surface area contributed by atoms with Gasteiger partial charge in [-0.1, -0.05) is 6.07 Å². The molecule has 34 heavy (non-hydrogen) atoms. The monoisotopic (exact) mass is 456 g/mol. The van der Waals surface area contributed by atoms with Crippen molar-refractivity contribution in [3.63, 3.8) is 0 Å². The molecule has 174 valence electrons. The predicted molar refractivity (Wildman–Crippen MR) is 131 cm³/mol. The van der Waals surface area contributed by atoms with Crippen molar-refractivity contribution >= 4 is 17.4 Å². The Morgan fingerprint density at radius 1 is 1.12 bits per heavy atom. The van der Waals surface area contributed by atoms with Crippen molar-refractivity contribution in [2.75, 3.05) is 43.2 Å². The van der Waals surface area contributed by atoms with Gasteiger partial charge >= 0.3 is 0 Å². The van der Waals surface area contributed by atoms with E-state index in [2.05, 4.69) is 25.9 Å². The van der Waals surface area contributed by atoms with Gasteiger partial charge in [0, 0.05) is 49.2 Å².